The van der Waals surface area contributed by atoms with Crippen molar-refractivity contribution in [2.24, 2.45) is 17.8 Å². The second-order valence-corrected chi connectivity index (χ2v) is 7.50. The summed E-state index contributed by atoms with van der Waals surface area (Å²) in [7, 11) is 0. The first-order valence-corrected chi connectivity index (χ1v) is 8.94. The molecule has 0 unspecified atom stereocenters. The third-order valence-electron chi connectivity index (χ3n) is 4.82. The predicted molar refractivity (Wildman–Crippen MR) is 97.6 cm³/mol. The van der Waals surface area contributed by atoms with E-state index in [2.05, 4.69) is 39.5 Å². The quantitative estimate of drug-likeness (QED) is 0.670. The lowest BCUT2D eigenvalue weighted by Crippen LogP contribution is -2.54. The van der Waals surface area contributed by atoms with Crippen LogP contribution in [0, 0.1) is 17.8 Å². The molecule has 134 valence electrons. The molecule has 1 aromatic rings. The van der Waals surface area contributed by atoms with E-state index in [0.29, 0.717) is 31.0 Å². The van der Waals surface area contributed by atoms with E-state index in [1.165, 1.54) is 5.56 Å². The maximum Gasteiger partial charge on any atom is 0.163 e. The third kappa shape index (κ3) is 4.92. The van der Waals surface area contributed by atoms with Crippen LogP contribution in [0.25, 0.3) is 0 Å². The molecule has 1 aromatic carbocycles. The van der Waals surface area contributed by atoms with E-state index in [9.17, 15) is 0 Å². The van der Waals surface area contributed by atoms with Gasteiger partial charge in [-0.3, -0.25) is 0 Å². The lowest BCUT2D eigenvalue weighted by molar-refractivity contribution is -0.333. The molecule has 2 rings (SSSR count). The van der Waals surface area contributed by atoms with Crippen molar-refractivity contribution < 1.29 is 14.2 Å². The first-order chi connectivity index (χ1) is 11.3. The fourth-order valence-electron chi connectivity index (χ4n) is 3.47. The Morgan fingerprint density at radius 3 is 2.42 bits per heavy atom. The number of benzene rings is 1. The molecule has 3 nitrogen and oxygen atoms in total. The van der Waals surface area contributed by atoms with Gasteiger partial charge in [-0.15, -0.1) is 6.58 Å². The van der Waals surface area contributed by atoms with Crippen LogP contribution in [-0.2, 0) is 20.8 Å². The molecular weight excluding hydrogens is 300 g/mol. The minimum Gasteiger partial charge on any atom is -0.376 e. The number of rotatable bonds is 7. The summed E-state index contributed by atoms with van der Waals surface area (Å²) in [5, 5.41) is 0. The van der Waals surface area contributed by atoms with Crippen molar-refractivity contribution in [3.05, 3.63) is 48.6 Å². The maximum absolute atomic E-state index is 6.24. The van der Waals surface area contributed by atoms with Gasteiger partial charge in [0.05, 0.1) is 25.4 Å². The lowest BCUT2D eigenvalue weighted by atomic mass is 9.82. The number of hydrogen-bond acceptors (Lipinski definition) is 3. The first kappa shape index (κ1) is 19.2. The molecule has 24 heavy (non-hydrogen) atoms. The molecule has 0 spiro atoms. The van der Waals surface area contributed by atoms with Crippen molar-refractivity contribution in [1.82, 2.24) is 0 Å². The van der Waals surface area contributed by atoms with Crippen molar-refractivity contribution in [3.8, 4) is 0 Å². The Morgan fingerprint density at radius 2 is 1.79 bits per heavy atom. The summed E-state index contributed by atoms with van der Waals surface area (Å²) in [6.45, 7) is 15.8. The molecule has 0 amide bonds. The van der Waals surface area contributed by atoms with E-state index in [0.717, 1.165) is 0 Å². The summed E-state index contributed by atoms with van der Waals surface area (Å²) in [5.74, 6) is 0.308. The summed E-state index contributed by atoms with van der Waals surface area (Å²) in [6, 6.07) is 10.3. The highest BCUT2D eigenvalue weighted by atomic mass is 16.7. The van der Waals surface area contributed by atoms with Crippen LogP contribution in [0.4, 0.5) is 0 Å². The van der Waals surface area contributed by atoms with Gasteiger partial charge >= 0.3 is 0 Å². The zero-order valence-electron chi connectivity index (χ0n) is 15.7. The zero-order chi connectivity index (χ0) is 17.7. The molecule has 1 heterocycles. The number of ether oxygens (including phenoxy) is 3. The molecule has 0 N–H and O–H groups in total. The highest BCUT2D eigenvalue weighted by molar-refractivity contribution is 5.13. The van der Waals surface area contributed by atoms with Crippen LogP contribution >= 0.6 is 0 Å². The highest BCUT2D eigenvalue weighted by Gasteiger charge is 2.44. The van der Waals surface area contributed by atoms with Crippen molar-refractivity contribution in [2.45, 2.75) is 59.2 Å². The Hall–Kier alpha value is -1.16. The first-order valence-electron chi connectivity index (χ1n) is 8.94. The largest absolute Gasteiger partial charge is 0.376 e. The summed E-state index contributed by atoms with van der Waals surface area (Å²) < 4.78 is 18.3. The van der Waals surface area contributed by atoms with Gasteiger partial charge in [0.15, 0.2) is 5.79 Å². The Balaban J connectivity index is 1.95. The molecule has 1 aliphatic rings. The van der Waals surface area contributed by atoms with Crippen LogP contribution < -0.4 is 0 Å². The van der Waals surface area contributed by atoms with Crippen molar-refractivity contribution >= 4 is 0 Å². The molecule has 0 radical (unpaired) electrons. The average molecular weight is 332 g/mol. The molecule has 1 aliphatic heterocycles. The van der Waals surface area contributed by atoms with Crippen molar-refractivity contribution in [3.63, 3.8) is 0 Å². The average Bonchev–Trinajstić information content (AvgIpc) is 2.56. The maximum atomic E-state index is 6.24. The summed E-state index contributed by atoms with van der Waals surface area (Å²) in [5.41, 5.74) is 1.20. The Morgan fingerprint density at radius 1 is 1.17 bits per heavy atom. The van der Waals surface area contributed by atoms with Crippen molar-refractivity contribution in [1.29, 1.82) is 0 Å². The Labute approximate surface area is 147 Å². The summed E-state index contributed by atoms with van der Waals surface area (Å²) >= 11 is 0. The summed E-state index contributed by atoms with van der Waals surface area (Å²) in [6.07, 6.45) is 2.20. The fourth-order valence-corrected chi connectivity index (χ4v) is 3.47. The number of hydrogen-bond donors (Lipinski definition) is 0. The Kier molecular flexibility index (Phi) is 6.62. The van der Waals surface area contributed by atoms with Crippen LogP contribution in [-0.4, -0.2) is 24.6 Å². The van der Waals surface area contributed by atoms with E-state index < -0.39 is 5.79 Å². The molecule has 0 bridgehead atoms. The third-order valence-corrected chi connectivity index (χ3v) is 4.82. The van der Waals surface area contributed by atoms with Gasteiger partial charge in [0.1, 0.15) is 0 Å². The van der Waals surface area contributed by atoms with Gasteiger partial charge < -0.3 is 14.2 Å². The molecule has 1 fully saturated rings. The second-order valence-electron chi connectivity index (χ2n) is 7.50. The standard InChI is InChI=1S/C21H32O3/c1-7-15(2)19-17(4)20(24-21(5,6)23-19)16(3)13-22-14-18-11-9-8-10-12-18/h7-12,15-17,19-20H,1,13-14H2,2-6H3/t15-,16-,17-,19+,20-/m0/s1. The normalized spacial score (nSPS) is 29.0. The molecule has 3 heteroatoms. The van der Waals surface area contributed by atoms with E-state index in [1.807, 2.05) is 38.1 Å². The molecule has 1 saturated heterocycles. The van der Waals surface area contributed by atoms with Crippen LogP contribution in [0.5, 0.6) is 0 Å². The SMILES string of the molecule is C=C[C@H](C)[C@H]1OC(C)(C)O[C@@H]([C@@H](C)COCc2ccccc2)[C@H]1C. The van der Waals surface area contributed by atoms with Crippen molar-refractivity contribution in [2.75, 3.05) is 6.61 Å². The minimum absolute atomic E-state index is 0.108. The van der Waals surface area contributed by atoms with Crippen LogP contribution in [0.1, 0.15) is 40.2 Å². The van der Waals surface area contributed by atoms with E-state index in [1.54, 1.807) is 0 Å². The summed E-state index contributed by atoms with van der Waals surface area (Å²) in [4.78, 5) is 0. The second kappa shape index (κ2) is 8.28. The van der Waals surface area contributed by atoms with E-state index in [-0.39, 0.29) is 12.2 Å². The van der Waals surface area contributed by atoms with Gasteiger partial charge in [-0.1, -0.05) is 57.2 Å². The monoisotopic (exact) mass is 332 g/mol. The van der Waals surface area contributed by atoms with Gasteiger partial charge in [-0.25, -0.2) is 0 Å². The smallest absolute Gasteiger partial charge is 0.163 e. The van der Waals surface area contributed by atoms with Gasteiger partial charge in [0.2, 0.25) is 0 Å². The molecular formula is C21H32O3. The topological polar surface area (TPSA) is 27.7 Å². The van der Waals surface area contributed by atoms with E-state index in [4.69, 9.17) is 14.2 Å². The van der Waals surface area contributed by atoms with Crippen LogP contribution in [0.2, 0.25) is 0 Å². The van der Waals surface area contributed by atoms with Gasteiger partial charge in [0.25, 0.3) is 0 Å². The fraction of sp³-hybridized carbons (Fsp3) is 0.619. The van der Waals surface area contributed by atoms with Crippen LogP contribution in [0.15, 0.2) is 43.0 Å². The molecule has 5 atom stereocenters. The van der Waals surface area contributed by atoms with Gasteiger partial charge in [-0.05, 0) is 19.4 Å². The lowest BCUT2D eigenvalue weighted by Gasteiger charge is -2.48. The zero-order valence-corrected chi connectivity index (χ0v) is 15.7. The Bertz CT molecular complexity index is 511. The highest BCUT2D eigenvalue weighted by Crippen LogP contribution is 2.37. The van der Waals surface area contributed by atoms with Crippen LogP contribution in [0.3, 0.4) is 0 Å². The molecule has 0 aromatic heterocycles. The van der Waals surface area contributed by atoms with E-state index >= 15 is 0 Å². The predicted octanol–water partition coefficient (Wildman–Crippen LogP) is 4.82. The van der Waals surface area contributed by atoms with Gasteiger partial charge in [0, 0.05) is 17.8 Å². The molecule has 0 saturated carbocycles. The van der Waals surface area contributed by atoms with Gasteiger partial charge in [-0.2, -0.15) is 0 Å². The molecule has 0 aliphatic carbocycles. The minimum atomic E-state index is -0.577.